The van der Waals surface area contributed by atoms with Crippen molar-refractivity contribution in [3.05, 3.63) is 59.2 Å². The molecule has 2 aromatic rings. The van der Waals surface area contributed by atoms with Gasteiger partial charge in [-0.15, -0.1) is 0 Å². The monoisotopic (exact) mass is 453 g/mol. The van der Waals surface area contributed by atoms with Crippen molar-refractivity contribution in [1.82, 2.24) is 15.1 Å². The lowest BCUT2D eigenvalue weighted by molar-refractivity contribution is -0.122. The van der Waals surface area contributed by atoms with Gasteiger partial charge in [0.15, 0.2) is 11.5 Å². The smallest absolute Gasteiger partial charge is 0.255 e. The van der Waals surface area contributed by atoms with Crippen molar-refractivity contribution in [2.45, 2.75) is 19.0 Å². The molecule has 1 N–H and O–H groups in total. The molecule has 0 bridgehead atoms. The van der Waals surface area contributed by atoms with Gasteiger partial charge in [0.2, 0.25) is 5.91 Å². The molecule has 176 valence electrons. The predicted molar refractivity (Wildman–Crippen MR) is 123 cm³/mol. The Bertz CT molecular complexity index is 990. The Hall–Kier alpha value is -3.10. The Morgan fingerprint density at radius 2 is 1.85 bits per heavy atom. The van der Waals surface area contributed by atoms with E-state index in [1.165, 1.54) is 0 Å². The molecule has 0 spiro atoms. The zero-order chi connectivity index (χ0) is 23.2. The van der Waals surface area contributed by atoms with Gasteiger partial charge >= 0.3 is 0 Å². The Balaban J connectivity index is 1.51. The van der Waals surface area contributed by atoms with Crippen LogP contribution < -0.4 is 14.8 Å². The van der Waals surface area contributed by atoms with Crippen LogP contribution in [0.3, 0.4) is 0 Å². The van der Waals surface area contributed by atoms with Gasteiger partial charge in [-0.25, -0.2) is 0 Å². The first-order chi connectivity index (χ1) is 16.1. The van der Waals surface area contributed by atoms with Crippen LogP contribution in [0.4, 0.5) is 0 Å². The van der Waals surface area contributed by atoms with E-state index in [4.69, 9.17) is 14.2 Å². The van der Waals surface area contributed by atoms with Crippen LogP contribution in [0.5, 0.6) is 11.5 Å². The van der Waals surface area contributed by atoms with Crippen LogP contribution in [0, 0.1) is 0 Å². The maximum absolute atomic E-state index is 13.2. The molecule has 0 radical (unpaired) electrons. The molecule has 1 saturated heterocycles. The second kappa shape index (κ2) is 10.7. The number of hydrogen-bond donors (Lipinski definition) is 1. The van der Waals surface area contributed by atoms with Gasteiger partial charge in [0, 0.05) is 38.3 Å². The first-order valence-electron chi connectivity index (χ1n) is 11.3. The van der Waals surface area contributed by atoms with Gasteiger partial charge in [0.05, 0.1) is 39.9 Å². The summed E-state index contributed by atoms with van der Waals surface area (Å²) >= 11 is 0. The zero-order valence-electron chi connectivity index (χ0n) is 19.2. The molecule has 0 saturated carbocycles. The maximum atomic E-state index is 13.2. The summed E-state index contributed by atoms with van der Waals surface area (Å²) in [6.07, 6.45) is 0.165. The van der Waals surface area contributed by atoms with Crippen molar-refractivity contribution in [3.8, 4) is 11.5 Å². The molecule has 0 aliphatic carbocycles. The van der Waals surface area contributed by atoms with E-state index in [1.54, 1.807) is 19.1 Å². The Morgan fingerprint density at radius 3 is 2.58 bits per heavy atom. The number of ether oxygens (including phenoxy) is 3. The lowest BCUT2D eigenvalue weighted by Crippen LogP contribution is -2.42. The first-order valence-corrected chi connectivity index (χ1v) is 11.3. The third kappa shape index (κ3) is 5.29. The van der Waals surface area contributed by atoms with Crippen LogP contribution in [-0.4, -0.2) is 75.2 Å². The maximum Gasteiger partial charge on any atom is 0.255 e. The molecule has 4 rings (SSSR count). The van der Waals surface area contributed by atoms with Crippen LogP contribution in [0.25, 0.3) is 0 Å². The number of fused-ring (bicyclic) bond motifs is 1. The molecule has 1 fully saturated rings. The SMILES string of the molecule is COc1ccc(C(CC(=O)NCCN2CCOCC2)N2Cc3ccccc3C2=O)cc1OC. The average Bonchev–Trinajstić information content (AvgIpc) is 3.19. The number of nitrogens with one attached hydrogen (secondary N) is 1. The minimum Gasteiger partial charge on any atom is -0.493 e. The second-order valence-electron chi connectivity index (χ2n) is 8.23. The number of carbonyl (C=O) groups is 2. The summed E-state index contributed by atoms with van der Waals surface area (Å²) < 4.78 is 16.2. The second-order valence-corrected chi connectivity index (χ2v) is 8.23. The van der Waals surface area contributed by atoms with E-state index >= 15 is 0 Å². The number of methoxy groups -OCH3 is 2. The Morgan fingerprint density at radius 1 is 1.09 bits per heavy atom. The van der Waals surface area contributed by atoms with Crippen LogP contribution in [0.15, 0.2) is 42.5 Å². The lowest BCUT2D eigenvalue weighted by atomic mass is 10.0. The highest BCUT2D eigenvalue weighted by Gasteiger charge is 2.34. The molecular weight excluding hydrogens is 422 g/mol. The molecule has 2 aromatic carbocycles. The van der Waals surface area contributed by atoms with E-state index in [9.17, 15) is 9.59 Å². The number of rotatable bonds is 9. The van der Waals surface area contributed by atoms with Crippen LogP contribution in [-0.2, 0) is 16.1 Å². The average molecular weight is 454 g/mol. The van der Waals surface area contributed by atoms with Crippen molar-refractivity contribution in [1.29, 1.82) is 0 Å². The van der Waals surface area contributed by atoms with E-state index in [2.05, 4.69) is 10.2 Å². The molecule has 1 atom stereocenters. The van der Waals surface area contributed by atoms with Crippen LogP contribution in [0.2, 0.25) is 0 Å². The highest BCUT2D eigenvalue weighted by molar-refractivity contribution is 5.98. The summed E-state index contributed by atoms with van der Waals surface area (Å²) in [5, 5.41) is 3.03. The lowest BCUT2D eigenvalue weighted by Gasteiger charge is -2.29. The predicted octanol–water partition coefficient (Wildman–Crippen LogP) is 2.24. The quantitative estimate of drug-likeness (QED) is 0.627. The van der Waals surface area contributed by atoms with Gasteiger partial charge in [-0.05, 0) is 29.3 Å². The molecule has 0 aromatic heterocycles. The van der Waals surface area contributed by atoms with Crippen LogP contribution >= 0.6 is 0 Å². The highest BCUT2D eigenvalue weighted by Crippen LogP contribution is 2.37. The van der Waals surface area contributed by atoms with E-state index < -0.39 is 6.04 Å². The van der Waals surface area contributed by atoms with Crippen molar-refractivity contribution in [2.24, 2.45) is 0 Å². The Kier molecular flexibility index (Phi) is 7.47. The number of benzene rings is 2. The summed E-state index contributed by atoms with van der Waals surface area (Å²) in [5.41, 5.74) is 2.49. The van der Waals surface area contributed by atoms with E-state index in [1.807, 2.05) is 42.5 Å². The number of amides is 2. The van der Waals surface area contributed by atoms with Gasteiger partial charge in [-0.2, -0.15) is 0 Å². The highest BCUT2D eigenvalue weighted by atomic mass is 16.5. The fourth-order valence-corrected chi connectivity index (χ4v) is 4.42. The van der Waals surface area contributed by atoms with E-state index in [0.717, 1.165) is 44.0 Å². The number of carbonyl (C=O) groups excluding carboxylic acids is 2. The van der Waals surface area contributed by atoms with Crippen molar-refractivity contribution >= 4 is 11.8 Å². The molecule has 1 unspecified atom stereocenters. The van der Waals surface area contributed by atoms with Crippen LogP contribution in [0.1, 0.15) is 33.9 Å². The normalized spacial score (nSPS) is 16.9. The fourth-order valence-electron chi connectivity index (χ4n) is 4.42. The molecule has 2 amide bonds. The third-order valence-electron chi connectivity index (χ3n) is 6.25. The van der Waals surface area contributed by atoms with Gasteiger partial charge < -0.3 is 24.4 Å². The largest absolute Gasteiger partial charge is 0.493 e. The van der Waals surface area contributed by atoms with E-state index in [-0.39, 0.29) is 18.2 Å². The summed E-state index contributed by atoms with van der Waals surface area (Å²) in [7, 11) is 3.16. The molecule has 8 nitrogen and oxygen atoms in total. The van der Waals surface area contributed by atoms with Gasteiger partial charge in [-0.1, -0.05) is 24.3 Å². The minimum atomic E-state index is -0.423. The van der Waals surface area contributed by atoms with Crippen molar-refractivity contribution in [2.75, 3.05) is 53.6 Å². The van der Waals surface area contributed by atoms with Crippen molar-refractivity contribution in [3.63, 3.8) is 0 Å². The number of nitrogens with zero attached hydrogens (tertiary/aromatic N) is 2. The summed E-state index contributed by atoms with van der Waals surface area (Å²) in [4.78, 5) is 30.2. The molecule has 8 heteroatoms. The number of morpholine rings is 1. The van der Waals surface area contributed by atoms with Gasteiger partial charge in [0.25, 0.3) is 5.91 Å². The molecule has 2 heterocycles. The minimum absolute atomic E-state index is 0.0634. The fraction of sp³-hybridized carbons (Fsp3) is 0.440. The standard InChI is InChI=1S/C25H31N3O5/c1-31-22-8-7-18(15-23(22)32-2)21(28-17-19-5-3-4-6-20(19)25(28)30)16-24(29)26-9-10-27-11-13-33-14-12-27/h3-8,15,21H,9-14,16-17H2,1-2H3,(H,26,29). The molecule has 2 aliphatic rings. The topological polar surface area (TPSA) is 80.3 Å². The molecular formula is C25H31N3O5. The summed E-state index contributed by atoms with van der Waals surface area (Å²) in [6.45, 7) is 5.03. The zero-order valence-corrected chi connectivity index (χ0v) is 19.2. The summed E-state index contributed by atoms with van der Waals surface area (Å²) in [6, 6.07) is 12.7. The van der Waals surface area contributed by atoms with E-state index in [0.29, 0.717) is 30.2 Å². The first kappa shape index (κ1) is 23.1. The third-order valence-corrected chi connectivity index (χ3v) is 6.25. The van der Waals surface area contributed by atoms with Gasteiger partial charge in [0.1, 0.15) is 0 Å². The number of hydrogen-bond acceptors (Lipinski definition) is 6. The van der Waals surface area contributed by atoms with Gasteiger partial charge in [-0.3, -0.25) is 14.5 Å². The Labute approximate surface area is 194 Å². The van der Waals surface area contributed by atoms with Crippen molar-refractivity contribution < 1.29 is 23.8 Å². The summed E-state index contributed by atoms with van der Waals surface area (Å²) in [5.74, 6) is 1.01. The molecule has 33 heavy (non-hydrogen) atoms. The molecule has 2 aliphatic heterocycles.